The minimum absolute atomic E-state index is 0.0700. The molecule has 0 saturated carbocycles. The maximum absolute atomic E-state index is 10.6. The number of carboxylic acids is 1. The van der Waals surface area contributed by atoms with Gasteiger partial charge in [0, 0.05) is 5.54 Å². The van der Waals surface area contributed by atoms with Crippen LogP contribution in [0.3, 0.4) is 0 Å². The number of aliphatic carboxylic acids is 1. The SMILES string of the molecule is N#Cc1ccc(CC2(N)CCNCC2)cc1.O=C(O)C(F)(F)F. The van der Waals surface area contributed by atoms with Crippen molar-refractivity contribution in [2.24, 2.45) is 5.73 Å². The lowest BCUT2D eigenvalue weighted by Crippen LogP contribution is -2.50. The summed E-state index contributed by atoms with van der Waals surface area (Å²) in [5.41, 5.74) is 8.22. The number of nitriles is 1. The fraction of sp³-hybridized carbons (Fsp3) is 0.467. The van der Waals surface area contributed by atoms with Gasteiger partial charge in [-0.15, -0.1) is 0 Å². The van der Waals surface area contributed by atoms with Crippen LogP contribution in [0.1, 0.15) is 24.0 Å². The van der Waals surface area contributed by atoms with Crippen LogP contribution in [0.4, 0.5) is 13.2 Å². The predicted molar refractivity (Wildman–Crippen MR) is 77.6 cm³/mol. The first kappa shape index (κ1) is 18.9. The van der Waals surface area contributed by atoms with Gasteiger partial charge in [0.25, 0.3) is 0 Å². The van der Waals surface area contributed by atoms with Crippen molar-refractivity contribution in [1.82, 2.24) is 5.32 Å². The van der Waals surface area contributed by atoms with Crippen molar-refractivity contribution >= 4 is 5.97 Å². The van der Waals surface area contributed by atoms with Crippen LogP contribution in [0, 0.1) is 11.3 Å². The van der Waals surface area contributed by atoms with Gasteiger partial charge in [0.05, 0.1) is 11.6 Å². The lowest BCUT2D eigenvalue weighted by atomic mass is 9.83. The largest absolute Gasteiger partial charge is 0.490 e. The number of benzene rings is 1. The van der Waals surface area contributed by atoms with E-state index in [4.69, 9.17) is 20.9 Å². The average Bonchev–Trinajstić information content (AvgIpc) is 2.48. The average molecular weight is 329 g/mol. The molecule has 0 aliphatic carbocycles. The Labute approximate surface area is 131 Å². The Morgan fingerprint density at radius 1 is 1.30 bits per heavy atom. The molecule has 0 radical (unpaired) electrons. The molecule has 0 atom stereocenters. The Balaban J connectivity index is 0.000000322. The van der Waals surface area contributed by atoms with Gasteiger partial charge in [0.1, 0.15) is 0 Å². The first-order valence-electron chi connectivity index (χ1n) is 6.95. The lowest BCUT2D eigenvalue weighted by Gasteiger charge is -2.34. The van der Waals surface area contributed by atoms with Crippen LogP contribution in [0.15, 0.2) is 24.3 Å². The third-order valence-corrected chi connectivity index (χ3v) is 3.48. The monoisotopic (exact) mass is 329 g/mol. The summed E-state index contributed by atoms with van der Waals surface area (Å²) in [6.45, 7) is 2.01. The molecular weight excluding hydrogens is 311 g/mol. The summed E-state index contributed by atoms with van der Waals surface area (Å²) in [6.07, 6.45) is -2.14. The van der Waals surface area contributed by atoms with E-state index in [1.165, 1.54) is 5.56 Å². The van der Waals surface area contributed by atoms with E-state index < -0.39 is 12.1 Å². The number of nitrogens with one attached hydrogen (secondary N) is 1. The zero-order valence-electron chi connectivity index (χ0n) is 12.4. The highest BCUT2D eigenvalue weighted by Gasteiger charge is 2.38. The fourth-order valence-corrected chi connectivity index (χ4v) is 2.21. The zero-order chi connectivity index (χ0) is 17.5. The molecule has 126 valence electrons. The quantitative estimate of drug-likeness (QED) is 0.768. The van der Waals surface area contributed by atoms with E-state index in [-0.39, 0.29) is 5.54 Å². The summed E-state index contributed by atoms with van der Waals surface area (Å²) < 4.78 is 31.7. The van der Waals surface area contributed by atoms with Crippen LogP contribution in [-0.4, -0.2) is 35.9 Å². The summed E-state index contributed by atoms with van der Waals surface area (Å²) in [7, 11) is 0. The molecule has 1 fully saturated rings. The van der Waals surface area contributed by atoms with Gasteiger partial charge in [0.2, 0.25) is 0 Å². The number of nitrogens with zero attached hydrogens (tertiary/aromatic N) is 1. The topological polar surface area (TPSA) is 99.1 Å². The molecule has 1 heterocycles. The van der Waals surface area contributed by atoms with Gasteiger partial charge >= 0.3 is 12.1 Å². The standard InChI is InChI=1S/C13H17N3.C2HF3O2/c14-10-12-3-1-11(2-4-12)9-13(15)5-7-16-8-6-13;3-2(4,5)1(6)7/h1-4,16H,5-9,15H2;(H,6,7). The number of alkyl halides is 3. The van der Waals surface area contributed by atoms with Crippen LogP contribution in [0.5, 0.6) is 0 Å². The van der Waals surface area contributed by atoms with Crippen LogP contribution >= 0.6 is 0 Å². The number of hydrogen-bond donors (Lipinski definition) is 3. The van der Waals surface area contributed by atoms with Crippen LogP contribution in [0.25, 0.3) is 0 Å². The highest BCUT2D eigenvalue weighted by Crippen LogP contribution is 2.20. The van der Waals surface area contributed by atoms with E-state index >= 15 is 0 Å². The van der Waals surface area contributed by atoms with Crippen molar-refractivity contribution in [2.45, 2.75) is 31.0 Å². The second kappa shape index (κ2) is 7.94. The normalized spacial score (nSPS) is 16.7. The number of halogens is 3. The summed E-state index contributed by atoms with van der Waals surface area (Å²) in [6, 6.07) is 9.87. The molecule has 1 aromatic carbocycles. The predicted octanol–water partition coefficient (Wildman–Crippen LogP) is 1.81. The molecule has 23 heavy (non-hydrogen) atoms. The number of nitrogens with two attached hydrogens (primary N) is 1. The molecule has 0 spiro atoms. The Bertz CT molecular complexity index is 559. The summed E-state index contributed by atoms with van der Waals surface area (Å²) >= 11 is 0. The van der Waals surface area contributed by atoms with Gasteiger partial charge in [-0.3, -0.25) is 0 Å². The zero-order valence-corrected chi connectivity index (χ0v) is 12.4. The molecule has 1 aliphatic heterocycles. The number of rotatable bonds is 2. The summed E-state index contributed by atoms with van der Waals surface area (Å²) in [5.74, 6) is -2.76. The molecule has 4 N–H and O–H groups in total. The van der Waals surface area contributed by atoms with E-state index in [9.17, 15) is 13.2 Å². The van der Waals surface area contributed by atoms with Crippen molar-refractivity contribution in [1.29, 1.82) is 5.26 Å². The van der Waals surface area contributed by atoms with Gasteiger partial charge in [-0.2, -0.15) is 18.4 Å². The van der Waals surface area contributed by atoms with Gasteiger partial charge in [-0.25, -0.2) is 4.79 Å². The molecular formula is C15H18F3N3O2. The molecule has 2 rings (SSSR count). The van der Waals surface area contributed by atoms with Crippen molar-refractivity contribution in [3.63, 3.8) is 0 Å². The second-order valence-corrected chi connectivity index (χ2v) is 5.40. The van der Waals surface area contributed by atoms with E-state index in [1.54, 1.807) is 0 Å². The van der Waals surface area contributed by atoms with Crippen LogP contribution in [0.2, 0.25) is 0 Å². The van der Waals surface area contributed by atoms with E-state index in [0.29, 0.717) is 5.56 Å². The van der Waals surface area contributed by atoms with Gasteiger partial charge in [-0.05, 0) is 50.0 Å². The molecule has 5 nitrogen and oxygen atoms in total. The highest BCUT2D eigenvalue weighted by atomic mass is 19.4. The first-order chi connectivity index (χ1) is 10.7. The Hall–Kier alpha value is -2.11. The maximum Gasteiger partial charge on any atom is 0.490 e. The molecule has 0 aromatic heterocycles. The minimum atomic E-state index is -5.08. The molecule has 1 saturated heterocycles. The Kier molecular flexibility index (Phi) is 6.54. The van der Waals surface area contributed by atoms with Crippen molar-refractivity contribution in [3.05, 3.63) is 35.4 Å². The van der Waals surface area contributed by atoms with Gasteiger partial charge in [-0.1, -0.05) is 12.1 Å². The van der Waals surface area contributed by atoms with E-state index in [0.717, 1.165) is 32.4 Å². The van der Waals surface area contributed by atoms with E-state index in [1.807, 2.05) is 24.3 Å². The van der Waals surface area contributed by atoms with Gasteiger partial charge < -0.3 is 16.2 Å². The van der Waals surface area contributed by atoms with Crippen molar-refractivity contribution in [2.75, 3.05) is 13.1 Å². The lowest BCUT2D eigenvalue weighted by molar-refractivity contribution is -0.192. The van der Waals surface area contributed by atoms with Crippen molar-refractivity contribution in [3.8, 4) is 6.07 Å². The molecule has 1 aliphatic rings. The molecule has 0 amide bonds. The summed E-state index contributed by atoms with van der Waals surface area (Å²) in [4.78, 5) is 8.90. The summed E-state index contributed by atoms with van der Waals surface area (Å²) in [5, 5.41) is 19.2. The minimum Gasteiger partial charge on any atom is -0.475 e. The van der Waals surface area contributed by atoms with E-state index in [2.05, 4.69) is 11.4 Å². The van der Waals surface area contributed by atoms with Crippen LogP contribution in [-0.2, 0) is 11.2 Å². The first-order valence-corrected chi connectivity index (χ1v) is 6.95. The third-order valence-electron chi connectivity index (χ3n) is 3.48. The second-order valence-electron chi connectivity index (χ2n) is 5.40. The van der Waals surface area contributed by atoms with Crippen molar-refractivity contribution < 1.29 is 23.1 Å². The Morgan fingerprint density at radius 2 is 1.78 bits per heavy atom. The number of piperidine rings is 1. The maximum atomic E-state index is 10.6. The van der Waals surface area contributed by atoms with Gasteiger partial charge in [0.15, 0.2) is 0 Å². The third kappa shape index (κ3) is 6.67. The fourth-order valence-electron chi connectivity index (χ4n) is 2.21. The number of carboxylic acid groups (broad SMARTS) is 1. The smallest absolute Gasteiger partial charge is 0.475 e. The molecule has 8 heteroatoms. The molecule has 0 bridgehead atoms. The van der Waals surface area contributed by atoms with Crippen LogP contribution < -0.4 is 11.1 Å². The number of hydrogen-bond acceptors (Lipinski definition) is 4. The molecule has 1 aromatic rings. The highest BCUT2D eigenvalue weighted by molar-refractivity contribution is 5.73. The Morgan fingerprint density at radius 3 is 2.17 bits per heavy atom. The molecule has 0 unspecified atom stereocenters. The number of carbonyl (C=O) groups is 1.